The van der Waals surface area contributed by atoms with Crippen molar-refractivity contribution in [1.29, 1.82) is 0 Å². The lowest BCUT2D eigenvalue weighted by molar-refractivity contribution is 0.178. The van der Waals surface area contributed by atoms with Gasteiger partial charge in [0, 0.05) is 19.2 Å². The van der Waals surface area contributed by atoms with Crippen LogP contribution in [-0.2, 0) is 11.3 Å². The molecule has 100 valence electrons. The van der Waals surface area contributed by atoms with Gasteiger partial charge in [-0.25, -0.2) is 18.7 Å². The molecule has 0 atom stereocenters. The summed E-state index contributed by atoms with van der Waals surface area (Å²) in [5.41, 5.74) is 0.0968. The number of nitrogens with zero attached hydrogens (tertiary/aromatic N) is 2. The largest absolute Gasteiger partial charge is 0.377 e. The maximum Gasteiger partial charge on any atom is 0.158 e. The Kier molecular flexibility index (Phi) is 4.24. The van der Waals surface area contributed by atoms with Crippen LogP contribution in [0.4, 0.5) is 20.3 Å². The fourth-order valence-electron chi connectivity index (χ4n) is 1.45. The van der Waals surface area contributed by atoms with Crippen molar-refractivity contribution in [2.45, 2.75) is 6.61 Å². The molecule has 2 aromatic rings. The second-order valence-corrected chi connectivity index (χ2v) is 4.06. The van der Waals surface area contributed by atoms with Crippen LogP contribution in [0, 0.1) is 11.6 Å². The molecule has 0 radical (unpaired) electrons. The van der Waals surface area contributed by atoms with E-state index in [1.165, 1.54) is 19.2 Å². The van der Waals surface area contributed by atoms with Crippen LogP contribution in [0.1, 0.15) is 5.82 Å². The molecule has 1 heterocycles. The van der Waals surface area contributed by atoms with Crippen molar-refractivity contribution < 1.29 is 13.5 Å². The molecule has 0 bridgehead atoms. The minimum Gasteiger partial charge on any atom is -0.377 e. The van der Waals surface area contributed by atoms with E-state index in [9.17, 15) is 8.78 Å². The molecule has 0 saturated heterocycles. The number of hydrogen-bond donors (Lipinski definition) is 1. The Hall–Kier alpha value is -1.79. The molecule has 0 fully saturated rings. The Morgan fingerprint density at radius 2 is 2.05 bits per heavy atom. The number of hydrogen-bond acceptors (Lipinski definition) is 4. The number of methoxy groups -OCH3 is 1. The number of rotatable bonds is 4. The van der Waals surface area contributed by atoms with Crippen molar-refractivity contribution in [3.8, 4) is 0 Å². The monoisotopic (exact) mass is 285 g/mol. The molecule has 19 heavy (non-hydrogen) atoms. The molecule has 0 amide bonds. The van der Waals surface area contributed by atoms with Crippen molar-refractivity contribution in [1.82, 2.24) is 9.97 Å². The molecule has 2 rings (SSSR count). The van der Waals surface area contributed by atoms with Gasteiger partial charge in [0.25, 0.3) is 0 Å². The van der Waals surface area contributed by atoms with Gasteiger partial charge in [-0.2, -0.15) is 0 Å². The van der Waals surface area contributed by atoms with E-state index < -0.39 is 11.6 Å². The van der Waals surface area contributed by atoms with Crippen LogP contribution in [0.25, 0.3) is 0 Å². The van der Waals surface area contributed by atoms with E-state index in [4.69, 9.17) is 16.3 Å². The second kappa shape index (κ2) is 5.90. The van der Waals surface area contributed by atoms with Gasteiger partial charge in [-0.3, -0.25) is 0 Å². The molecule has 1 aromatic heterocycles. The van der Waals surface area contributed by atoms with Gasteiger partial charge in [-0.1, -0.05) is 11.6 Å². The summed E-state index contributed by atoms with van der Waals surface area (Å²) in [6, 6.07) is 4.63. The molecule has 0 unspecified atom stereocenters. The molecule has 1 aromatic carbocycles. The molecule has 7 heteroatoms. The Labute approximate surface area is 113 Å². The molecule has 1 N–H and O–H groups in total. The van der Waals surface area contributed by atoms with E-state index in [0.29, 0.717) is 11.6 Å². The lowest BCUT2D eigenvalue weighted by atomic mass is 10.3. The fraction of sp³-hybridized carbons (Fsp3) is 0.167. The van der Waals surface area contributed by atoms with Crippen molar-refractivity contribution in [2.24, 2.45) is 0 Å². The van der Waals surface area contributed by atoms with Gasteiger partial charge >= 0.3 is 0 Å². The first-order valence-electron chi connectivity index (χ1n) is 5.33. The zero-order valence-corrected chi connectivity index (χ0v) is 10.7. The van der Waals surface area contributed by atoms with Crippen LogP contribution < -0.4 is 5.32 Å². The third kappa shape index (κ3) is 3.59. The van der Waals surface area contributed by atoms with Gasteiger partial charge in [0.15, 0.2) is 5.82 Å². The summed E-state index contributed by atoms with van der Waals surface area (Å²) < 4.78 is 31.2. The molecule has 4 nitrogen and oxygen atoms in total. The maximum absolute atomic E-state index is 13.5. The first-order chi connectivity index (χ1) is 9.08. The van der Waals surface area contributed by atoms with Gasteiger partial charge in [-0.05, 0) is 12.1 Å². The fourth-order valence-corrected chi connectivity index (χ4v) is 1.65. The average molecular weight is 286 g/mol. The van der Waals surface area contributed by atoms with Crippen molar-refractivity contribution >= 4 is 23.1 Å². The van der Waals surface area contributed by atoms with Crippen molar-refractivity contribution in [2.75, 3.05) is 12.4 Å². The number of aromatic nitrogens is 2. The normalized spacial score (nSPS) is 10.5. The first kappa shape index (κ1) is 13.6. The highest BCUT2D eigenvalue weighted by atomic mass is 35.5. The van der Waals surface area contributed by atoms with E-state index in [1.54, 1.807) is 0 Å². The summed E-state index contributed by atoms with van der Waals surface area (Å²) in [5.74, 6) is -0.704. The van der Waals surface area contributed by atoms with Crippen LogP contribution >= 0.6 is 11.6 Å². The number of halogens is 3. The molecular formula is C12H10ClF2N3O. The molecule has 0 saturated carbocycles. The molecule has 0 aliphatic heterocycles. The summed E-state index contributed by atoms with van der Waals surface area (Å²) in [5, 5.41) is 2.91. The highest BCUT2D eigenvalue weighted by molar-refractivity contribution is 6.29. The van der Waals surface area contributed by atoms with Crippen LogP contribution in [0.15, 0.2) is 24.3 Å². The summed E-state index contributed by atoms with van der Waals surface area (Å²) >= 11 is 5.82. The van der Waals surface area contributed by atoms with Gasteiger partial charge in [-0.15, -0.1) is 0 Å². The quantitative estimate of drug-likeness (QED) is 0.876. The number of anilines is 2. The highest BCUT2D eigenvalue weighted by Gasteiger charge is 2.07. The first-order valence-corrected chi connectivity index (χ1v) is 5.71. The van der Waals surface area contributed by atoms with Crippen LogP contribution in [-0.4, -0.2) is 17.1 Å². The van der Waals surface area contributed by atoms with E-state index in [2.05, 4.69) is 15.3 Å². The minimum absolute atomic E-state index is 0.0968. The lowest BCUT2D eigenvalue weighted by Crippen LogP contribution is -2.02. The Morgan fingerprint density at radius 3 is 2.74 bits per heavy atom. The van der Waals surface area contributed by atoms with Gasteiger partial charge < -0.3 is 10.1 Å². The van der Waals surface area contributed by atoms with E-state index in [1.807, 2.05) is 0 Å². The summed E-state index contributed by atoms with van der Waals surface area (Å²) in [6.45, 7) is 0.182. The van der Waals surface area contributed by atoms with Crippen molar-refractivity contribution in [3.63, 3.8) is 0 Å². The third-order valence-electron chi connectivity index (χ3n) is 2.21. The van der Waals surface area contributed by atoms with E-state index in [-0.39, 0.29) is 17.4 Å². The predicted octanol–water partition coefficient (Wildman–Crippen LogP) is 3.30. The van der Waals surface area contributed by atoms with Gasteiger partial charge in [0.2, 0.25) is 0 Å². The van der Waals surface area contributed by atoms with E-state index >= 15 is 0 Å². The van der Waals surface area contributed by atoms with Crippen LogP contribution in [0.3, 0.4) is 0 Å². The smallest absolute Gasteiger partial charge is 0.158 e. The highest BCUT2D eigenvalue weighted by Crippen LogP contribution is 2.21. The Bertz CT molecular complexity index is 595. The number of benzene rings is 1. The van der Waals surface area contributed by atoms with E-state index in [0.717, 1.165) is 12.1 Å². The second-order valence-electron chi connectivity index (χ2n) is 3.67. The zero-order valence-electron chi connectivity index (χ0n) is 9.95. The summed E-state index contributed by atoms with van der Waals surface area (Å²) in [6.07, 6.45) is 0. The lowest BCUT2D eigenvalue weighted by Gasteiger charge is -2.08. The van der Waals surface area contributed by atoms with Crippen molar-refractivity contribution in [3.05, 3.63) is 46.9 Å². The molecular weight excluding hydrogens is 276 g/mol. The molecule has 0 aliphatic rings. The topological polar surface area (TPSA) is 47.0 Å². The van der Waals surface area contributed by atoms with Crippen LogP contribution in [0.2, 0.25) is 5.15 Å². The average Bonchev–Trinajstić information content (AvgIpc) is 2.32. The Morgan fingerprint density at radius 1 is 1.26 bits per heavy atom. The number of nitrogens with one attached hydrogen (secondary N) is 1. The van der Waals surface area contributed by atoms with Gasteiger partial charge in [0.05, 0.1) is 5.69 Å². The Balaban J connectivity index is 2.27. The van der Waals surface area contributed by atoms with Gasteiger partial charge in [0.1, 0.15) is 29.2 Å². The third-order valence-corrected chi connectivity index (χ3v) is 2.40. The SMILES string of the molecule is COCc1nc(Cl)cc(Nc2ccc(F)cc2F)n1. The van der Waals surface area contributed by atoms with Crippen LogP contribution in [0.5, 0.6) is 0 Å². The zero-order chi connectivity index (χ0) is 13.8. The molecule has 0 aliphatic carbocycles. The summed E-state index contributed by atoms with van der Waals surface area (Å²) in [4.78, 5) is 8.03. The molecule has 0 spiro atoms. The minimum atomic E-state index is -0.719. The maximum atomic E-state index is 13.5. The predicted molar refractivity (Wildman–Crippen MR) is 67.4 cm³/mol. The standard InChI is InChI=1S/C12H10ClF2N3O/c1-19-6-12-17-10(13)5-11(18-12)16-9-3-2-7(14)4-8(9)15/h2-5H,6H2,1H3,(H,16,17,18). The number of ether oxygens (including phenoxy) is 1. The summed E-state index contributed by atoms with van der Waals surface area (Å²) in [7, 11) is 1.50.